The third-order valence-corrected chi connectivity index (χ3v) is 1.80. The van der Waals surface area contributed by atoms with E-state index in [-0.39, 0.29) is 5.82 Å². The molecule has 1 atom stereocenters. The lowest BCUT2D eigenvalue weighted by atomic mass is 10.2. The van der Waals surface area contributed by atoms with E-state index in [9.17, 15) is 9.18 Å². The largest absolute Gasteiger partial charge is 0.384 e. The molecule has 2 N–H and O–H groups in total. The van der Waals surface area contributed by atoms with Gasteiger partial charge in [-0.3, -0.25) is 4.79 Å². The van der Waals surface area contributed by atoms with Crippen LogP contribution in [0.1, 0.15) is 12.5 Å². The zero-order valence-electron chi connectivity index (χ0n) is 8.04. The Kier molecular flexibility index (Phi) is 3.19. The van der Waals surface area contributed by atoms with Gasteiger partial charge in [-0.2, -0.15) is 0 Å². The molecule has 1 aromatic carbocycles. The SMILES string of the molecule is Cc1cc(NC(=O)C(C)O)ccc1F. The van der Waals surface area contributed by atoms with Crippen LogP contribution < -0.4 is 5.32 Å². The lowest BCUT2D eigenvalue weighted by Crippen LogP contribution is -2.24. The molecule has 0 saturated heterocycles. The Balaban J connectivity index is 2.78. The highest BCUT2D eigenvalue weighted by Crippen LogP contribution is 2.13. The summed E-state index contributed by atoms with van der Waals surface area (Å²) in [6.45, 7) is 2.97. The monoisotopic (exact) mass is 197 g/mol. The highest BCUT2D eigenvalue weighted by Gasteiger charge is 2.09. The van der Waals surface area contributed by atoms with Crippen molar-refractivity contribution >= 4 is 11.6 Å². The first kappa shape index (κ1) is 10.7. The molecular weight excluding hydrogens is 185 g/mol. The number of amides is 1. The van der Waals surface area contributed by atoms with E-state index >= 15 is 0 Å². The minimum absolute atomic E-state index is 0.319. The number of rotatable bonds is 2. The zero-order valence-corrected chi connectivity index (χ0v) is 8.04. The number of carbonyl (C=O) groups excluding carboxylic acids is 1. The van der Waals surface area contributed by atoms with Crippen molar-refractivity contribution < 1.29 is 14.3 Å². The zero-order chi connectivity index (χ0) is 10.7. The van der Waals surface area contributed by atoms with Gasteiger partial charge in [-0.1, -0.05) is 0 Å². The Hall–Kier alpha value is -1.42. The van der Waals surface area contributed by atoms with E-state index < -0.39 is 12.0 Å². The van der Waals surface area contributed by atoms with Crippen molar-refractivity contribution in [3.05, 3.63) is 29.6 Å². The van der Waals surface area contributed by atoms with Gasteiger partial charge in [0.2, 0.25) is 0 Å². The van der Waals surface area contributed by atoms with Gasteiger partial charge in [-0.05, 0) is 37.6 Å². The van der Waals surface area contributed by atoms with Crippen LogP contribution >= 0.6 is 0 Å². The molecule has 1 rings (SSSR count). The maximum atomic E-state index is 12.8. The van der Waals surface area contributed by atoms with Gasteiger partial charge in [0.25, 0.3) is 5.91 Å². The average Bonchev–Trinajstić information content (AvgIpc) is 2.11. The van der Waals surface area contributed by atoms with Crippen LogP contribution in [0.2, 0.25) is 0 Å². The van der Waals surface area contributed by atoms with Crippen molar-refractivity contribution in [1.82, 2.24) is 0 Å². The van der Waals surface area contributed by atoms with E-state index in [1.165, 1.54) is 25.1 Å². The summed E-state index contributed by atoms with van der Waals surface area (Å²) in [5.74, 6) is -0.823. The molecule has 0 saturated carbocycles. The van der Waals surface area contributed by atoms with Crippen molar-refractivity contribution in [3.63, 3.8) is 0 Å². The Morgan fingerprint density at radius 2 is 2.21 bits per heavy atom. The summed E-state index contributed by atoms with van der Waals surface area (Å²) in [4.78, 5) is 11.1. The van der Waals surface area contributed by atoms with E-state index in [1.54, 1.807) is 6.92 Å². The molecule has 4 heteroatoms. The summed E-state index contributed by atoms with van der Waals surface area (Å²) in [6.07, 6.45) is -1.07. The summed E-state index contributed by atoms with van der Waals surface area (Å²) < 4.78 is 12.8. The van der Waals surface area contributed by atoms with Crippen molar-refractivity contribution in [2.24, 2.45) is 0 Å². The number of halogens is 1. The average molecular weight is 197 g/mol. The fourth-order valence-electron chi connectivity index (χ4n) is 0.969. The summed E-state index contributed by atoms with van der Waals surface area (Å²) in [6, 6.07) is 4.23. The molecule has 0 aliphatic rings. The molecule has 0 spiro atoms. The van der Waals surface area contributed by atoms with Gasteiger partial charge in [-0.15, -0.1) is 0 Å². The molecule has 0 fully saturated rings. The standard InChI is InChI=1S/C10H12FNO2/c1-6-5-8(3-4-9(6)11)12-10(14)7(2)13/h3-5,7,13H,1-2H3,(H,12,14). The van der Waals surface area contributed by atoms with E-state index in [0.717, 1.165) is 0 Å². The van der Waals surface area contributed by atoms with Gasteiger partial charge in [0, 0.05) is 5.69 Å². The Morgan fingerprint density at radius 3 is 2.71 bits per heavy atom. The van der Waals surface area contributed by atoms with Crippen molar-refractivity contribution in [3.8, 4) is 0 Å². The lowest BCUT2D eigenvalue weighted by molar-refractivity contribution is -0.123. The molecule has 0 radical (unpaired) electrons. The van der Waals surface area contributed by atoms with Crippen molar-refractivity contribution in [2.45, 2.75) is 20.0 Å². The molecule has 1 unspecified atom stereocenters. The second-order valence-corrected chi connectivity index (χ2v) is 3.13. The Morgan fingerprint density at radius 1 is 1.57 bits per heavy atom. The van der Waals surface area contributed by atoms with Gasteiger partial charge in [0.1, 0.15) is 11.9 Å². The smallest absolute Gasteiger partial charge is 0.252 e. The number of benzene rings is 1. The molecule has 0 aromatic heterocycles. The van der Waals surface area contributed by atoms with Crippen molar-refractivity contribution in [1.29, 1.82) is 0 Å². The summed E-state index contributed by atoms with van der Waals surface area (Å²) in [5, 5.41) is 11.4. The summed E-state index contributed by atoms with van der Waals surface area (Å²) >= 11 is 0. The third kappa shape index (κ3) is 2.53. The van der Waals surface area contributed by atoms with Crippen LogP contribution in [-0.2, 0) is 4.79 Å². The molecule has 0 aliphatic heterocycles. The van der Waals surface area contributed by atoms with Crippen molar-refractivity contribution in [2.75, 3.05) is 5.32 Å². The maximum absolute atomic E-state index is 12.8. The quantitative estimate of drug-likeness (QED) is 0.754. The first-order valence-corrected chi connectivity index (χ1v) is 4.26. The molecule has 1 amide bonds. The third-order valence-electron chi connectivity index (χ3n) is 1.80. The second kappa shape index (κ2) is 4.19. The van der Waals surface area contributed by atoms with E-state index in [2.05, 4.69) is 5.32 Å². The topological polar surface area (TPSA) is 49.3 Å². The van der Waals surface area contributed by atoms with Crippen LogP contribution in [-0.4, -0.2) is 17.1 Å². The number of anilines is 1. The highest BCUT2D eigenvalue weighted by molar-refractivity contribution is 5.93. The first-order valence-electron chi connectivity index (χ1n) is 4.26. The molecular formula is C10H12FNO2. The molecule has 0 heterocycles. The number of aliphatic hydroxyl groups is 1. The number of aliphatic hydroxyl groups excluding tert-OH is 1. The molecule has 0 aliphatic carbocycles. The van der Waals surface area contributed by atoms with Crippen LogP contribution in [0, 0.1) is 12.7 Å². The lowest BCUT2D eigenvalue weighted by Gasteiger charge is -2.07. The molecule has 0 bridgehead atoms. The predicted molar refractivity (Wildman–Crippen MR) is 51.4 cm³/mol. The number of aryl methyl sites for hydroxylation is 1. The van der Waals surface area contributed by atoms with Gasteiger partial charge in [0.15, 0.2) is 0 Å². The Bertz CT molecular complexity index is 350. The van der Waals surface area contributed by atoms with Crippen LogP contribution in [0.4, 0.5) is 10.1 Å². The van der Waals surface area contributed by atoms with Gasteiger partial charge in [0.05, 0.1) is 0 Å². The summed E-state index contributed by atoms with van der Waals surface area (Å²) in [7, 11) is 0. The minimum Gasteiger partial charge on any atom is -0.384 e. The maximum Gasteiger partial charge on any atom is 0.252 e. The number of carbonyl (C=O) groups is 1. The molecule has 76 valence electrons. The van der Waals surface area contributed by atoms with E-state index in [1.807, 2.05) is 0 Å². The van der Waals surface area contributed by atoms with Gasteiger partial charge >= 0.3 is 0 Å². The first-order chi connectivity index (χ1) is 6.50. The van der Waals surface area contributed by atoms with Crippen LogP contribution in [0.3, 0.4) is 0 Å². The molecule has 14 heavy (non-hydrogen) atoms. The number of nitrogens with one attached hydrogen (secondary N) is 1. The van der Waals surface area contributed by atoms with Gasteiger partial charge in [-0.25, -0.2) is 4.39 Å². The van der Waals surface area contributed by atoms with Crippen LogP contribution in [0.15, 0.2) is 18.2 Å². The Labute approximate surface area is 81.6 Å². The van der Waals surface area contributed by atoms with Crippen LogP contribution in [0.25, 0.3) is 0 Å². The number of hydrogen-bond acceptors (Lipinski definition) is 2. The minimum atomic E-state index is -1.07. The normalized spacial score (nSPS) is 12.3. The predicted octanol–water partition coefficient (Wildman–Crippen LogP) is 1.45. The second-order valence-electron chi connectivity index (χ2n) is 3.13. The molecule has 3 nitrogen and oxygen atoms in total. The van der Waals surface area contributed by atoms with E-state index in [0.29, 0.717) is 11.3 Å². The molecule has 1 aromatic rings. The van der Waals surface area contributed by atoms with Crippen LogP contribution in [0.5, 0.6) is 0 Å². The fourth-order valence-corrected chi connectivity index (χ4v) is 0.969. The highest BCUT2D eigenvalue weighted by atomic mass is 19.1. The van der Waals surface area contributed by atoms with E-state index in [4.69, 9.17) is 5.11 Å². The van der Waals surface area contributed by atoms with Gasteiger partial charge < -0.3 is 10.4 Å². The fraction of sp³-hybridized carbons (Fsp3) is 0.300. The number of hydrogen-bond donors (Lipinski definition) is 2. The summed E-state index contributed by atoms with van der Waals surface area (Å²) in [5.41, 5.74) is 0.934.